The second kappa shape index (κ2) is 10.7. The standard InChI is InChI=1S/C25H19BrFN3O4S/c1-32-22-12-17-19(13-23(22)33-2)28-10-9-20(17)34-21-8-7-16(11-18(21)27)29-25(35)30-24(31)14-3-5-15(26)6-4-14/h3-13H,1-2H3,(H2,29,30,31,35). The summed E-state index contributed by atoms with van der Waals surface area (Å²) in [6.45, 7) is 0. The first-order valence-corrected chi connectivity index (χ1v) is 11.4. The number of carbonyl (C=O) groups excluding carboxylic acids is 1. The first-order chi connectivity index (χ1) is 16.9. The molecule has 0 spiro atoms. The van der Waals surface area contributed by atoms with Gasteiger partial charge in [-0.05, 0) is 60.7 Å². The van der Waals surface area contributed by atoms with Gasteiger partial charge in [-0.15, -0.1) is 0 Å². The molecule has 0 radical (unpaired) electrons. The van der Waals surface area contributed by atoms with Gasteiger partial charge in [0.25, 0.3) is 5.91 Å². The van der Waals surface area contributed by atoms with Crippen molar-refractivity contribution in [3.05, 3.63) is 82.7 Å². The molecule has 1 amide bonds. The van der Waals surface area contributed by atoms with E-state index >= 15 is 0 Å². The van der Waals surface area contributed by atoms with Crippen LogP contribution in [0.15, 0.2) is 71.3 Å². The molecule has 0 saturated heterocycles. The lowest BCUT2D eigenvalue weighted by molar-refractivity contribution is 0.0977. The van der Waals surface area contributed by atoms with E-state index in [1.165, 1.54) is 26.4 Å². The molecule has 0 aliphatic rings. The first-order valence-electron chi connectivity index (χ1n) is 10.2. The smallest absolute Gasteiger partial charge is 0.257 e. The van der Waals surface area contributed by atoms with Gasteiger partial charge >= 0.3 is 0 Å². The highest BCUT2D eigenvalue weighted by Crippen LogP contribution is 2.37. The third-order valence-electron chi connectivity index (χ3n) is 4.95. The van der Waals surface area contributed by atoms with Crippen molar-refractivity contribution < 1.29 is 23.4 Å². The zero-order valence-corrected chi connectivity index (χ0v) is 21.0. The molecule has 0 unspecified atom stereocenters. The maximum atomic E-state index is 14.9. The molecule has 7 nitrogen and oxygen atoms in total. The van der Waals surface area contributed by atoms with Crippen LogP contribution in [-0.4, -0.2) is 30.2 Å². The Morgan fingerprint density at radius 1 is 0.943 bits per heavy atom. The molecule has 4 rings (SSSR count). The molecule has 35 heavy (non-hydrogen) atoms. The Morgan fingerprint density at radius 2 is 1.66 bits per heavy atom. The number of fused-ring (bicyclic) bond motifs is 1. The third-order valence-corrected chi connectivity index (χ3v) is 5.68. The number of methoxy groups -OCH3 is 2. The van der Waals surface area contributed by atoms with Crippen molar-refractivity contribution in [3.8, 4) is 23.0 Å². The summed E-state index contributed by atoms with van der Waals surface area (Å²) in [6.07, 6.45) is 1.56. The Morgan fingerprint density at radius 3 is 2.34 bits per heavy atom. The van der Waals surface area contributed by atoms with E-state index in [1.54, 1.807) is 54.7 Å². The number of thiocarbonyl (C=S) groups is 1. The molecule has 1 heterocycles. The van der Waals surface area contributed by atoms with Gasteiger partial charge in [0.15, 0.2) is 28.2 Å². The number of nitrogens with one attached hydrogen (secondary N) is 2. The maximum absolute atomic E-state index is 14.9. The molecule has 0 saturated carbocycles. The minimum Gasteiger partial charge on any atom is -0.493 e. The Balaban J connectivity index is 1.48. The van der Waals surface area contributed by atoms with Crippen LogP contribution in [0.4, 0.5) is 10.1 Å². The summed E-state index contributed by atoms with van der Waals surface area (Å²) in [5, 5.41) is 6.02. The van der Waals surface area contributed by atoms with Crippen LogP contribution in [0.3, 0.4) is 0 Å². The Kier molecular flexibility index (Phi) is 7.42. The predicted molar refractivity (Wildman–Crippen MR) is 139 cm³/mol. The Labute approximate surface area is 214 Å². The summed E-state index contributed by atoms with van der Waals surface area (Å²) in [7, 11) is 3.06. The van der Waals surface area contributed by atoms with Gasteiger partial charge in [0.2, 0.25) is 0 Å². The fourth-order valence-electron chi connectivity index (χ4n) is 3.26. The second-order valence-electron chi connectivity index (χ2n) is 7.20. The van der Waals surface area contributed by atoms with E-state index < -0.39 is 5.82 Å². The van der Waals surface area contributed by atoms with Crippen molar-refractivity contribution >= 4 is 55.8 Å². The lowest BCUT2D eigenvalue weighted by atomic mass is 10.2. The van der Waals surface area contributed by atoms with Crippen LogP contribution in [0, 0.1) is 5.82 Å². The van der Waals surface area contributed by atoms with Crippen molar-refractivity contribution in [2.24, 2.45) is 0 Å². The fraction of sp³-hybridized carbons (Fsp3) is 0.0800. The van der Waals surface area contributed by atoms with Crippen LogP contribution in [0.25, 0.3) is 10.9 Å². The summed E-state index contributed by atoms with van der Waals surface area (Å²) in [5.41, 5.74) is 1.39. The number of halogens is 2. The molecule has 0 atom stereocenters. The Bertz CT molecular complexity index is 1420. The predicted octanol–water partition coefficient (Wildman–Crippen LogP) is 6.07. The minimum atomic E-state index is -0.623. The van der Waals surface area contributed by atoms with E-state index in [0.717, 1.165) is 4.47 Å². The topological polar surface area (TPSA) is 81.7 Å². The molecule has 3 aromatic carbocycles. The molecule has 0 aliphatic carbocycles. The molecule has 0 aliphatic heterocycles. The fourth-order valence-corrected chi connectivity index (χ4v) is 3.73. The normalized spacial score (nSPS) is 10.5. The molecule has 0 fully saturated rings. The lowest BCUT2D eigenvalue weighted by Gasteiger charge is -2.14. The van der Waals surface area contributed by atoms with Crippen LogP contribution in [-0.2, 0) is 0 Å². The van der Waals surface area contributed by atoms with Crippen molar-refractivity contribution in [1.29, 1.82) is 0 Å². The zero-order valence-electron chi connectivity index (χ0n) is 18.6. The average molecular weight is 556 g/mol. The quantitative estimate of drug-likeness (QED) is 0.279. The number of nitrogens with zero attached hydrogens (tertiary/aromatic N) is 1. The van der Waals surface area contributed by atoms with E-state index in [4.69, 9.17) is 26.4 Å². The van der Waals surface area contributed by atoms with E-state index in [9.17, 15) is 9.18 Å². The number of pyridine rings is 1. The molecule has 2 N–H and O–H groups in total. The monoisotopic (exact) mass is 555 g/mol. The number of amides is 1. The number of ether oxygens (including phenoxy) is 3. The lowest BCUT2D eigenvalue weighted by Crippen LogP contribution is -2.34. The van der Waals surface area contributed by atoms with E-state index in [0.29, 0.717) is 39.4 Å². The summed E-state index contributed by atoms with van der Waals surface area (Å²) < 4.78 is 32.2. The van der Waals surface area contributed by atoms with Crippen molar-refractivity contribution in [3.63, 3.8) is 0 Å². The SMILES string of the molecule is COc1cc2nccc(Oc3ccc(NC(=S)NC(=O)c4ccc(Br)cc4)cc3F)c2cc1OC. The van der Waals surface area contributed by atoms with Gasteiger partial charge in [-0.1, -0.05) is 15.9 Å². The second-order valence-corrected chi connectivity index (χ2v) is 8.52. The number of hydrogen-bond donors (Lipinski definition) is 2. The van der Waals surface area contributed by atoms with E-state index in [2.05, 4.69) is 31.5 Å². The van der Waals surface area contributed by atoms with Crippen LogP contribution in [0.1, 0.15) is 10.4 Å². The van der Waals surface area contributed by atoms with Gasteiger partial charge in [0, 0.05) is 39.4 Å². The number of rotatable bonds is 6. The Hall–Kier alpha value is -3.76. The highest BCUT2D eigenvalue weighted by molar-refractivity contribution is 9.10. The van der Waals surface area contributed by atoms with Crippen LogP contribution in [0.5, 0.6) is 23.0 Å². The molecule has 1 aromatic heterocycles. The van der Waals surface area contributed by atoms with E-state index in [1.807, 2.05) is 0 Å². The van der Waals surface area contributed by atoms with Gasteiger partial charge < -0.3 is 19.5 Å². The van der Waals surface area contributed by atoms with Gasteiger partial charge in [0.05, 0.1) is 19.7 Å². The summed E-state index contributed by atoms with van der Waals surface area (Å²) >= 11 is 8.50. The van der Waals surface area contributed by atoms with E-state index in [-0.39, 0.29) is 16.8 Å². The van der Waals surface area contributed by atoms with Gasteiger partial charge in [-0.25, -0.2) is 4.39 Å². The van der Waals surface area contributed by atoms with Crippen LogP contribution >= 0.6 is 28.1 Å². The number of anilines is 1. The highest BCUT2D eigenvalue weighted by atomic mass is 79.9. The van der Waals surface area contributed by atoms with Crippen molar-refractivity contribution in [1.82, 2.24) is 10.3 Å². The first kappa shape index (κ1) is 24.4. The molecule has 178 valence electrons. The summed E-state index contributed by atoms with van der Waals surface area (Å²) in [4.78, 5) is 16.6. The molecule has 4 aromatic rings. The maximum Gasteiger partial charge on any atom is 0.257 e. The van der Waals surface area contributed by atoms with Crippen LogP contribution in [0.2, 0.25) is 0 Å². The highest BCUT2D eigenvalue weighted by Gasteiger charge is 2.14. The van der Waals surface area contributed by atoms with Gasteiger partial charge in [0.1, 0.15) is 5.75 Å². The van der Waals surface area contributed by atoms with Gasteiger partial charge in [-0.2, -0.15) is 0 Å². The number of aromatic nitrogens is 1. The van der Waals surface area contributed by atoms with Crippen molar-refractivity contribution in [2.45, 2.75) is 0 Å². The summed E-state index contributed by atoms with van der Waals surface area (Å²) in [5.74, 6) is 0.413. The zero-order chi connectivity index (χ0) is 24.9. The largest absolute Gasteiger partial charge is 0.493 e. The summed E-state index contributed by atoms with van der Waals surface area (Å²) in [6, 6.07) is 16.1. The number of hydrogen-bond acceptors (Lipinski definition) is 6. The molecule has 10 heteroatoms. The number of benzene rings is 3. The van der Waals surface area contributed by atoms with Crippen LogP contribution < -0.4 is 24.8 Å². The third kappa shape index (κ3) is 5.67. The van der Waals surface area contributed by atoms with Crippen molar-refractivity contribution in [2.75, 3.05) is 19.5 Å². The van der Waals surface area contributed by atoms with Gasteiger partial charge in [-0.3, -0.25) is 15.1 Å². The molecule has 0 bridgehead atoms. The molecular weight excluding hydrogens is 537 g/mol. The minimum absolute atomic E-state index is 0.00245. The molecular formula is C25H19BrFN3O4S. The number of carbonyl (C=O) groups is 1. The average Bonchev–Trinajstić information content (AvgIpc) is 2.85.